The first kappa shape index (κ1) is 21.2. The molecular formula is C20H18BrNO6. The third-order valence-corrected chi connectivity index (χ3v) is 4.11. The Bertz CT molecular complexity index is 877. The van der Waals surface area contributed by atoms with Gasteiger partial charge in [-0.15, -0.1) is 0 Å². The summed E-state index contributed by atoms with van der Waals surface area (Å²) < 4.78 is 15.2. The molecule has 0 aliphatic rings. The Kier molecular flexibility index (Phi) is 7.76. The highest BCUT2D eigenvalue weighted by molar-refractivity contribution is 9.10. The Morgan fingerprint density at radius 1 is 1.00 bits per heavy atom. The molecule has 2 aromatic rings. The van der Waals surface area contributed by atoms with Crippen molar-refractivity contribution in [3.8, 4) is 5.75 Å². The summed E-state index contributed by atoms with van der Waals surface area (Å²) in [5.41, 5.74) is 0.973. The molecule has 0 aliphatic heterocycles. The van der Waals surface area contributed by atoms with Gasteiger partial charge in [-0.2, -0.15) is 0 Å². The van der Waals surface area contributed by atoms with Gasteiger partial charge in [0.2, 0.25) is 0 Å². The molecule has 8 heteroatoms. The molecule has 0 spiro atoms. The van der Waals surface area contributed by atoms with Gasteiger partial charge in [0.15, 0.2) is 6.61 Å². The zero-order chi connectivity index (χ0) is 20.5. The highest BCUT2D eigenvalue weighted by Crippen LogP contribution is 2.27. The first-order chi connectivity index (χ1) is 13.4. The molecule has 0 atom stereocenters. The number of rotatable bonds is 7. The van der Waals surface area contributed by atoms with Gasteiger partial charge in [0.05, 0.1) is 18.7 Å². The normalized spacial score (nSPS) is 9.82. The van der Waals surface area contributed by atoms with Crippen molar-refractivity contribution < 1.29 is 28.6 Å². The quantitative estimate of drug-likeness (QED) is 0.303. The summed E-state index contributed by atoms with van der Waals surface area (Å²) in [5.74, 6) is -1.49. The third-order valence-electron chi connectivity index (χ3n) is 3.49. The smallest absolute Gasteiger partial charge is 0.345 e. The van der Waals surface area contributed by atoms with Crippen molar-refractivity contribution in [1.29, 1.82) is 0 Å². The summed E-state index contributed by atoms with van der Waals surface area (Å²) in [6.45, 7) is -0.182. The number of hydrogen-bond acceptors (Lipinski definition) is 6. The van der Waals surface area contributed by atoms with E-state index in [4.69, 9.17) is 4.74 Å². The van der Waals surface area contributed by atoms with Crippen molar-refractivity contribution in [2.24, 2.45) is 0 Å². The summed E-state index contributed by atoms with van der Waals surface area (Å²) in [7, 11) is 2.35. The topological polar surface area (TPSA) is 90.9 Å². The second-order valence-corrected chi connectivity index (χ2v) is 6.29. The summed E-state index contributed by atoms with van der Waals surface area (Å²) in [5, 5.41) is 2.72. The third kappa shape index (κ3) is 5.95. The Morgan fingerprint density at radius 2 is 1.64 bits per heavy atom. The molecule has 0 aromatic heterocycles. The summed E-state index contributed by atoms with van der Waals surface area (Å²) in [6, 6.07) is 13.9. The maximum Gasteiger partial charge on any atom is 0.345 e. The Hall–Kier alpha value is -3.13. The molecule has 0 aliphatic carbocycles. The van der Waals surface area contributed by atoms with Crippen LogP contribution in [0, 0.1) is 0 Å². The van der Waals surface area contributed by atoms with E-state index in [9.17, 15) is 14.4 Å². The number of ether oxygens (including phenoxy) is 3. The van der Waals surface area contributed by atoms with Crippen LogP contribution in [0.3, 0.4) is 0 Å². The van der Waals surface area contributed by atoms with Gasteiger partial charge in [0, 0.05) is 5.69 Å². The Balaban J connectivity index is 2.07. The fourth-order valence-corrected chi connectivity index (χ4v) is 2.68. The van der Waals surface area contributed by atoms with Crippen LogP contribution in [0.4, 0.5) is 5.69 Å². The number of esters is 2. The van der Waals surface area contributed by atoms with Crippen LogP contribution in [0.1, 0.15) is 5.56 Å². The number of carbonyl (C=O) groups is 3. The van der Waals surface area contributed by atoms with Gasteiger partial charge in [0.25, 0.3) is 5.91 Å². The standard InChI is InChI=1S/C20H18BrNO6/c1-26-19(24)15(20(25)27-2)10-13-8-9-17(16(21)11-13)28-12-18(23)22-14-6-4-3-5-7-14/h3-11H,12H2,1-2H3,(H,22,23). The molecule has 2 aromatic carbocycles. The maximum absolute atomic E-state index is 12.0. The number of para-hydroxylation sites is 1. The molecule has 0 bridgehead atoms. The van der Waals surface area contributed by atoms with E-state index >= 15 is 0 Å². The maximum atomic E-state index is 12.0. The van der Waals surface area contributed by atoms with Crippen molar-refractivity contribution in [2.75, 3.05) is 26.1 Å². The van der Waals surface area contributed by atoms with Gasteiger partial charge in [-0.1, -0.05) is 24.3 Å². The zero-order valence-corrected chi connectivity index (χ0v) is 16.8. The van der Waals surface area contributed by atoms with Crippen LogP contribution in [-0.4, -0.2) is 38.7 Å². The van der Waals surface area contributed by atoms with Crippen LogP contribution in [0.25, 0.3) is 6.08 Å². The van der Waals surface area contributed by atoms with Gasteiger partial charge in [0.1, 0.15) is 11.3 Å². The first-order valence-electron chi connectivity index (χ1n) is 8.10. The van der Waals surface area contributed by atoms with Crippen molar-refractivity contribution in [3.63, 3.8) is 0 Å². The number of nitrogens with one attached hydrogen (secondary N) is 1. The lowest BCUT2D eigenvalue weighted by molar-refractivity contribution is -0.143. The number of hydrogen-bond donors (Lipinski definition) is 1. The van der Waals surface area contributed by atoms with Gasteiger partial charge < -0.3 is 19.5 Å². The van der Waals surface area contributed by atoms with E-state index in [1.54, 1.807) is 30.3 Å². The second-order valence-electron chi connectivity index (χ2n) is 5.43. The molecular weight excluding hydrogens is 430 g/mol. The molecule has 0 saturated carbocycles. The number of halogens is 1. The van der Waals surface area contributed by atoms with Crippen LogP contribution in [-0.2, 0) is 23.9 Å². The van der Waals surface area contributed by atoms with Gasteiger partial charge in [-0.25, -0.2) is 9.59 Å². The average molecular weight is 448 g/mol. The molecule has 0 radical (unpaired) electrons. The minimum Gasteiger partial charge on any atom is -0.483 e. The average Bonchev–Trinajstić information content (AvgIpc) is 2.71. The Labute approximate surface area is 170 Å². The molecule has 28 heavy (non-hydrogen) atoms. The van der Waals surface area contributed by atoms with E-state index in [1.807, 2.05) is 18.2 Å². The monoisotopic (exact) mass is 447 g/mol. The van der Waals surface area contributed by atoms with Gasteiger partial charge >= 0.3 is 11.9 Å². The lowest BCUT2D eigenvalue weighted by atomic mass is 10.1. The largest absolute Gasteiger partial charge is 0.483 e. The summed E-state index contributed by atoms with van der Waals surface area (Å²) >= 11 is 3.34. The first-order valence-corrected chi connectivity index (χ1v) is 8.89. The number of carbonyl (C=O) groups excluding carboxylic acids is 3. The molecule has 0 saturated heterocycles. The molecule has 0 fully saturated rings. The highest BCUT2D eigenvalue weighted by atomic mass is 79.9. The van der Waals surface area contributed by atoms with E-state index in [0.29, 0.717) is 21.5 Å². The summed E-state index contributed by atoms with van der Waals surface area (Å²) in [4.78, 5) is 35.4. The van der Waals surface area contributed by atoms with E-state index in [-0.39, 0.29) is 18.1 Å². The number of amides is 1. The number of methoxy groups -OCH3 is 2. The zero-order valence-electron chi connectivity index (χ0n) is 15.2. The Morgan fingerprint density at radius 3 is 2.21 bits per heavy atom. The van der Waals surface area contributed by atoms with Crippen molar-refractivity contribution >= 4 is 45.5 Å². The van der Waals surface area contributed by atoms with Crippen molar-refractivity contribution in [3.05, 3.63) is 64.1 Å². The van der Waals surface area contributed by atoms with Gasteiger partial charge in [-0.3, -0.25) is 4.79 Å². The van der Waals surface area contributed by atoms with E-state index in [1.165, 1.54) is 20.3 Å². The van der Waals surface area contributed by atoms with Gasteiger partial charge in [-0.05, 0) is 51.8 Å². The fraction of sp³-hybridized carbons (Fsp3) is 0.150. The molecule has 1 amide bonds. The number of anilines is 1. The molecule has 0 heterocycles. The summed E-state index contributed by atoms with van der Waals surface area (Å²) in [6.07, 6.45) is 1.34. The minimum atomic E-state index is -0.805. The molecule has 7 nitrogen and oxygen atoms in total. The van der Waals surface area contributed by atoms with Crippen LogP contribution < -0.4 is 10.1 Å². The fourth-order valence-electron chi connectivity index (χ4n) is 2.17. The lowest BCUT2D eigenvalue weighted by Crippen LogP contribution is -2.20. The van der Waals surface area contributed by atoms with E-state index < -0.39 is 11.9 Å². The van der Waals surface area contributed by atoms with Crippen LogP contribution in [0.5, 0.6) is 5.75 Å². The molecule has 146 valence electrons. The van der Waals surface area contributed by atoms with Crippen LogP contribution in [0.2, 0.25) is 0 Å². The SMILES string of the molecule is COC(=O)C(=Cc1ccc(OCC(=O)Nc2ccccc2)c(Br)c1)C(=O)OC. The van der Waals surface area contributed by atoms with E-state index in [0.717, 1.165) is 0 Å². The predicted molar refractivity (Wildman–Crippen MR) is 107 cm³/mol. The molecule has 0 unspecified atom stereocenters. The minimum absolute atomic E-state index is 0.182. The van der Waals surface area contributed by atoms with Crippen molar-refractivity contribution in [2.45, 2.75) is 0 Å². The van der Waals surface area contributed by atoms with Crippen LogP contribution in [0.15, 0.2) is 58.6 Å². The van der Waals surface area contributed by atoms with E-state index in [2.05, 4.69) is 30.7 Å². The van der Waals surface area contributed by atoms with Crippen LogP contribution >= 0.6 is 15.9 Å². The number of benzene rings is 2. The predicted octanol–water partition coefficient (Wildman–Crippen LogP) is 3.20. The highest BCUT2D eigenvalue weighted by Gasteiger charge is 2.19. The molecule has 2 rings (SSSR count). The lowest BCUT2D eigenvalue weighted by Gasteiger charge is -2.10. The molecule has 1 N–H and O–H groups in total. The van der Waals surface area contributed by atoms with Crippen molar-refractivity contribution in [1.82, 2.24) is 0 Å². The second kappa shape index (κ2) is 10.3.